The molecule has 0 spiro atoms. The van der Waals surface area contributed by atoms with Crippen LogP contribution in [0.5, 0.6) is 5.75 Å². The molecule has 7 nitrogen and oxygen atoms in total. The highest BCUT2D eigenvalue weighted by molar-refractivity contribution is 6.07. The molecule has 4 aromatic rings. The number of carbonyl (C=O) groups is 1. The third-order valence-corrected chi connectivity index (χ3v) is 4.80. The minimum absolute atomic E-state index is 0.106. The van der Waals surface area contributed by atoms with E-state index in [9.17, 15) is 9.90 Å². The number of aromatic nitrogens is 1. The fourth-order valence-corrected chi connectivity index (χ4v) is 3.53. The van der Waals surface area contributed by atoms with Gasteiger partial charge in [0.05, 0.1) is 12.8 Å². The first-order chi connectivity index (χ1) is 14.6. The Kier molecular flexibility index (Phi) is 5.63. The van der Waals surface area contributed by atoms with Crippen molar-refractivity contribution < 1.29 is 14.6 Å². The molecule has 4 rings (SSSR count). The number of ether oxygens (including phenoxy) is 1. The van der Waals surface area contributed by atoms with Crippen LogP contribution in [-0.2, 0) is 6.54 Å². The average molecular weight is 402 g/mol. The number of rotatable bonds is 7. The fraction of sp³-hybridized carbons (Fsp3) is 0.130. The number of benzene rings is 3. The summed E-state index contributed by atoms with van der Waals surface area (Å²) in [4.78, 5) is 10.8. The molecule has 0 unspecified atom stereocenters. The van der Waals surface area contributed by atoms with E-state index >= 15 is 0 Å². The number of hydrazone groups is 1. The minimum atomic E-state index is -0.744. The van der Waals surface area contributed by atoms with Gasteiger partial charge in [0.15, 0.2) is 0 Å². The van der Waals surface area contributed by atoms with Gasteiger partial charge in [0.1, 0.15) is 18.5 Å². The second-order valence-corrected chi connectivity index (χ2v) is 6.88. The highest BCUT2D eigenvalue weighted by atomic mass is 16.5. The number of nitrogens with zero attached hydrogens (tertiary/aromatic N) is 2. The van der Waals surface area contributed by atoms with Crippen molar-refractivity contribution in [3.8, 4) is 5.75 Å². The maximum absolute atomic E-state index is 10.8. The predicted molar refractivity (Wildman–Crippen MR) is 118 cm³/mol. The van der Waals surface area contributed by atoms with Gasteiger partial charge in [0.2, 0.25) is 0 Å². The van der Waals surface area contributed by atoms with Crippen LogP contribution in [0.15, 0.2) is 77.9 Å². The van der Waals surface area contributed by atoms with Crippen molar-refractivity contribution in [2.24, 2.45) is 10.8 Å². The Morgan fingerprint density at radius 3 is 2.30 bits per heavy atom. The number of aliphatic hydroxyl groups excluding tert-OH is 1. The van der Waals surface area contributed by atoms with E-state index in [4.69, 9.17) is 10.5 Å². The van der Waals surface area contributed by atoms with E-state index in [1.54, 1.807) is 12.1 Å². The van der Waals surface area contributed by atoms with E-state index in [1.165, 1.54) is 6.21 Å². The number of para-hydroxylation sites is 3. The lowest BCUT2D eigenvalue weighted by molar-refractivity contribution is 0.0944. The number of carbonyl (C=O) groups excluding carboxylic acids is 1. The van der Waals surface area contributed by atoms with Gasteiger partial charge in [-0.15, -0.1) is 0 Å². The molecular formula is C23H22N4O3. The zero-order valence-electron chi connectivity index (χ0n) is 16.2. The molecule has 1 heterocycles. The topological polar surface area (TPSA) is 102 Å². The van der Waals surface area contributed by atoms with Crippen LogP contribution in [0.1, 0.15) is 5.56 Å². The van der Waals surface area contributed by atoms with Crippen molar-refractivity contribution in [1.29, 1.82) is 0 Å². The highest BCUT2D eigenvalue weighted by Crippen LogP contribution is 2.29. The summed E-state index contributed by atoms with van der Waals surface area (Å²) >= 11 is 0. The Morgan fingerprint density at radius 1 is 1.03 bits per heavy atom. The number of nitrogens with one attached hydrogen (secondary N) is 1. The van der Waals surface area contributed by atoms with Crippen LogP contribution in [0.2, 0.25) is 0 Å². The van der Waals surface area contributed by atoms with Gasteiger partial charge < -0.3 is 20.1 Å². The van der Waals surface area contributed by atoms with Crippen LogP contribution in [0.3, 0.4) is 0 Å². The van der Waals surface area contributed by atoms with E-state index < -0.39 is 12.1 Å². The van der Waals surface area contributed by atoms with Crippen molar-refractivity contribution in [3.63, 3.8) is 0 Å². The van der Waals surface area contributed by atoms with Gasteiger partial charge in [0.25, 0.3) is 0 Å². The van der Waals surface area contributed by atoms with Crippen LogP contribution in [0, 0.1) is 0 Å². The Bertz CT molecular complexity index is 1160. The first-order valence-corrected chi connectivity index (χ1v) is 9.58. The molecule has 0 saturated heterocycles. The van der Waals surface area contributed by atoms with E-state index in [-0.39, 0.29) is 6.61 Å². The summed E-state index contributed by atoms with van der Waals surface area (Å²) in [5.41, 5.74) is 9.96. The molecule has 1 atom stereocenters. The van der Waals surface area contributed by atoms with Crippen molar-refractivity contribution in [1.82, 2.24) is 9.99 Å². The van der Waals surface area contributed by atoms with Gasteiger partial charge in [-0.3, -0.25) is 0 Å². The van der Waals surface area contributed by atoms with Gasteiger partial charge in [-0.05, 0) is 24.3 Å². The summed E-state index contributed by atoms with van der Waals surface area (Å²) in [5, 5.41) is 16.8. The third-order valence-electron chi connectivity index (χ3n) is 4.80. The van der Waals surface area contributed by atoms with Crippen LogP contribution in [0.4, 0.5) is 4.79 Å². The number of hydrogen-bond donors (Lipinski definition) is 3. The quantitative estimate of drug-likeness (QED) is 0.327. The summed E-state index contributed by atoms with van der Waals surface area (Å²) in [5.74, 6) is 0.550. The number of urea groups is 1. The van der Waals surface area contributed by atoms with Crippen molar-refractivity contribution in [3.05, 3.63) is 78.4 Å². The molecule has 2 amide bonds. The summed E-state index contributed by atoms with van der Waals surface area (Å²) in [6.07, 6.45) is 0.720. The van der Waals surface area contributed by atoms with Crippen molar-refractivity contribution >= 4 is 34.1 Å². The zero-order valence-corrected chi connectivity index (χ0v) is 16.2. The molecule has 7 heteroatoms. The van der Waals surface area contributed by atoms with Crippen molar-refractivity contribution in [2.75, 3.05) is 6.61 Å². The van der Waals surface area contributed by atoms with Gasteiger partial charge in [-0.1, -0.05) is 48.5 Å². The fourth-order valence-electron chi connectivity index (χ4n) is 3.53. The summed E-state index contributed by atoms with van der Waals surface area (Å²) in [7, 11) is 0. The molecule has 4 N–H and O–H groups in total. The summed E-state index contributed by atoms with van der Waals surface area (Å²) < 4.78 is 7.94. The molecule has 0 saturated carbocycles. The Hall–Kier alpha value is -3.84. The molecule has 1 aromatic heterocycles. The molecule has 0 aliphatic carbocycles. The molecule has 3 aromatic carbocycles. The molecule has 0 aliphatic heterocycles. The number of amides is 2. The maximum Gasteiger partial charge on any atom is 0.332 e. The van der Waals surface area contributed by atoms with Gasteiger partial charge in [-0.25, -0.2) is 10.2 Å². The van der Waals surface area contributed by atoms with Crippen LogP contribution < -0.4 is 15.9 Å². The maximum atomic E-state index is 10.8. The Balaban J connectivity index is 1.51. The second kappa shape index (κ2) is 8.67. The molecule has 30 heavy (non-hydrogen) atoms. The smallest absolute Gasteiger partial charge is 0.332 e. The first kappa shape index (κ1) is 19.5. The van der Waals surface area contributed by atoms with Crippen LogP contribution in [-0.4, -0.2) is 34.6 Å². The van der Waals surface area contributed by atoms with Crippen LogP contribution >= 0.6 is 0 Å². The number of hydrogen-bond acceptors (Lipinski definition) is 4. The molecule has 0 radical (unpaired) electrons. The van der Waals surface area contributed by atoms with Crippen molar-refractivity contribution in [2.45, 2.75) is 12.6 Å². The monoisotopic (exact) mass is 402 g/mol. The highest BCUT2D eigenvalue weighted by Gasteiger charge is 2.14. The molecule has 0 fully saturated rings. The number of nitrogens with two attached hydrogens (primary N) is 1. The van der Waals surface area contributed by atoms with E-state index in [0.717, 1.165) is 21.8 Å². The zero-order chi connectivity index (χ0) is 20.9. The lowest BCUT2D eigenvalue weighted by Crippen LogP contribution is -2.24. The molecular weight excluding hydrogens is 380 g/mol. The van der Waals surface area contributed by atoms with E-state index in [0.29, 0.717) is 17.9 Å². The van der Waals surface area contributed by atoms with E-state index in [1.807, 2.05) is 36.4 Å². The third kappa shape index (κ3) is 4.11. The lowest BCUT2D eigenvalue weighted by Gasteiger charge is -2.16. The SMILES string of the molecule is NC(=O)N/N=C/c1ccccc1OC[C@H](O)Cn1c2ccccc2c2ccccc21. The molecule has 0 bridgehead atoms. The summed E-state index contributed by atoms with van der Waals surface area (Å²) in [6.45, 7) is 0.502. The lowest BCUT2D eigenvalue weighted by atomic mass is 10.2. The number of primary amides is 1. The predicted octanol–water partition coefficient (Wildman–Crippen LogP) is 3.24. The normalized spacial score (nSPS) is 12.4. The largest absolute Gasteiger partial charge is 0.490 e. The van der Waals surface area contributed by atoms with Gasteiger partial charge in [-0.2, -0.15) is 5.10 Å². The Morgan fingerprint density at radius 2 is 1.63 bits per heavy atom. The van der Waals surface area contributed by atoms with Gasteiger partial charge >= 0.3 is 6.03 Å². The van der Waals surface area contributed by atoms with E-state index in [2.05, 4.69) is 39.4 Å². The second-order valence-electron chi connectivity index (χ2n) is 6.88. The van der Waals surface area contributed by atoms with Crippen LogP contribution in [0.25, 0.3) is 21.8 Å². The van der Waals surface area contributed by atoms with Gasteiger partial charge in [0, 0.05) is 27.4 Å². The average Bonchev–Trinajstić information content (AvgIpc) is 3.07. The first-order valence-electron chi connectivity index (χ1n) is 9.58. The standard InChI is InChI=1S/C23H22N4O3/c24-23(29)26-25-13-16-7-1-6-12-22(16)30-15-17(28)14-27-20-10-4-2-8-18(20)19-9-3-5-11-21(19)27/h1-13,17,28H,14-15H2,(H3,24,26,29)/b25-13+/t17-/m1/s1. The number of fused-ring (bicyclic) bond motifs is 3. The molecule has 152 valence electrons. The minimum Gasteiger partial charge on any atom is -0.490 e. The Labute approximate surface area is 173 Å². The molecule has 0 aliphatic rings. The number of aliphatic hydroxyl groups is 1. The summed E-state index contributed by atoms with van der Waals surface area (Å²) in [6, 6.07) is 22.8.